The smallest absolute Gasteiger partial charge is 0.419 e. The summed E-state index contributed by atoms with van der Waals surface area (Å²) in [7, 11) is 0. The summed E-state index contributed by atoms with van der Waals surface area (Å²) in [5.41, 5.74) is -2.34. The molecule has 0 fully saturated rings. The second-order valence-corrected chi connectivity index (χ2v) is 5.44. The van der Waals surface area contributed by atoms with Crippen LogP contribution < -0.4 is 10.5 Å². The third-order valence-corrected chi connectivity index (χ3v) is 4.15. The SMILES string of the molecule is N#CC1=C(N)Oc2c(c3cccc(F)c3n2C(=O)O)[C@]1(C(=O)O)C(F)(F)F. The number of benzene rings is 1. The van der Waals surface area contributed by atoms with Crippen LogP contribution in [0.4, 0.5) is 22.4 Å². The molecule has 0 radical (unpaired) electrons. The first kappa shape index (κ1) is 18.1. The van der Waals surface area contributed by atoms with Gasteiger partial charge >= 0.3 is 18.2 Å². The van der Waals surface area contributed by atoms with Gasteiger partial charge in [-0.25, -0.2) is 13.8 Å². The lowest BCUT2D eigenvalue weighted by atomic mass is 9.72. The highest BCUT2D eigenvalue weighted by atomic mass is 19.4. The Morgan fingerprint density at radius 1 is 1.30 bits per heavy atom. The predicted octanol–water partition coefficient (Wildman–Crippen LogP) is 2.28. The molecule has 12 heteroatoms. The first-order valence-electron chi connectivity index (χ1n) is 6.95. The van der Waals surface area contributed by atoms with E-state index in [-0.39, 0.29) is 4.57 Å². The number of nitrogens with two attached hydrogens (primary N) is 1. The summed E-state index contributed by atoms with van der Waals surface area (Å²) in [4.78, 5) is 23.4. The molecule has 140 valence electrons. The molecule has 1 aliphatic heterocycles. The molecule has 0 amide bonds. The van der Waals surface area contributed by atoms with Crippen LogP contribution in [0.2, 0.25) is 0 Å². The molecule has 0 bridgehead atoms. The Hall–Kier alpha value is -3.75. The van der Waals surface area contributed by atoms with Gasteiger partial charge in [-0.05, 0) is 6.07 Å². The molecule has 0 aliphatic carbocycles. The predicted molar refractivity (Wildman–Crippen MR) is 78.1 cm³/mol. The molecule has 8 nitrogen and oxygen atoms in total. The quantitative estimate of drug-likeness (QED) is 0.640. The third kappa shape index (κ3) is 2.02. The van der Waals surface area contributed by atoms with E-state index in [1.54, 1.807) is 0 Å². The minimum Gasteiger partial charge on any atom is -0.480 e. The highest BCUT2D eigenvalue weighted by molar-refractivity contribution is 6.03. The number of carbonyl (C=O) groups is 2. The van der Waals surface area contributed by atoms with Crippen LogP contribution >= 0.6 is 0 Å². The van der Waals surface area contributed by atoms with Crippen LogP contribution in [0.25, 0.3) is 10.9 Å². The maximum absolute atomic E-state index is 14.2. The second-order valence-electron chi connectivity index (χ2n) is 5.44. The average molecular weight is 385 g/mol. The van der Waals surface area contributed by atoms with Gasteiger partial charge in [0.05, 0.1) is 11.1 Å². The van der Waals surface area contributed by atoms with Gasteiger partial charge < -0.3 is 20.7 Å². The number of carboxylic acid groups (broad SMARTS) is 2. The van der Waals surface area contributed by atoms with Gasteiger partial charge in [-0.1, -0.05) is 12.1 Å². The van der Waals surface area contributed by atoms with Crippen molar-refractivity contribution >= 4 is 23.0 Å². The van der Waals surface area contributed by atoms with Crippen LogP contribution in [0.15, 0.2) is 29.7 Å². The average Bonchev–Trinajstić information content (AvgIpc) is 2.87. The van der Waals surface area contributed by atoms with Gasteiger partial charge in [0.1, 0.15) is 17.5 Å². The maximum atomic E-state index is 14.2. The van der Waals surface area contributed by atoms with E-state index in [1.807, 2.05) is 0 Å². The lowest BCUT2D eigenvalue weighted by Crippen LogP contribution is -2.53. The van der Waals surface area contributed by atoms with E-state index >= 15 is 0 Å². The largest absolute Gasteiger partial charge is 0.480 e. The molecule has 1 aromatic carbocycles. The van der Waals surface area contributed by atoms with Gasteiger partial charge in [0.25, 0.3) is 0 Å². The van der Waals surface area contributed by atoms with Crippen molar-refractivity contribution in [2.45, 2.75) is 11.6 Å². The normalized spacial score (nSPS) is 19.4. The number of carboxylic acids is 1. The number of hydrogen-bond acceptors (Lipinski definition) is 5. The molecule has 0 saturated heterocycles. The monoisotopic (exact) mass is 385 g/mol. The first-order valence-corrected chi connectivity index (χ1v) is 6.95. The molecular formula is C15H7F4N3O5. The van der Waals surface area contributed by atoms with Crippen LogP contribution in [0.5, 0.6) is 5.88 Å². The highest BCUT2D eigenvalue weighted by Crippen LogP contribution is 2.56. The summed E-state index contributed by atoms with van der Waals surface area (Å²) in [6.45, 7) is 0. The summed E-state index contributed by atoms with van der Waals surface area (Å²) >= 11 is 0. The van der Waals surface area contributed by atoms with E-state index in [2.05, 4.69) is 0 Å². The fourth-order valence-corrected chi connectivity index (χ4v) is 3.14. The van der Waals surface area contributed by atoms with Crippen molar-refractivity contribution in [1.82, 2.24) is 4.57 Å². The van der Waals surface area contributed by atoms with Crippen LogP contribution in [-0.2, 0) is 10.2 Å². The lowest BCUT2D eigenvalue weighted by molar-refractivity contribution is -0.197. The van der Waals surface area contributed by atoms with Crippen molar-refractivity contribution in [3.8, 4) is 11.9 Å². The van der Waals surface area contributed by atoms with Gasteiger partial charge in [-0.2, -0.15) is 18.4 Å². The van der Waals surface area contributed by atoms with Gasteiger partial charge in [0, 0.05) is 5.39 Å². The lowest BCUT2D eigenvalue weighted by Gasteiger charge is -2.34. The Kier molecular flexibility index (Phi) is 3.59. The maximum Gasteiger partial charge on any atom is 0.419 e. The topological polar surface area (TPSA) is 139 Å². The van der Waals surface area contributed by atoms with E-state index < -0.39 is 63.3 Å². The number of ether oxygens (including phenoxy) is 1. The summed E-state index contributed by atoms with van der Waals surface area (Å²) in [6, 6.07) is 3.69. The number of aromatic nitrogens is 1. The minimum absolute atomic E-state index is 0.0183. The Morgan fingerprint density at radius 2 is 1.93 bits per heavy atom. The molecule has 2 heterocycles. The molecule has 2 aromatic rings. The zero-order valence-corrected chi connectivity index (χ0v) is 12.8. The van der Waals surface area contributed by atoms with Crippen molar-refractivity contribution in [3.05, 3.63) is 41.0 Å². The van der Waals surface area contributed by atoms with Crippen LogP contribution in [-0.4, -0.2) is 33.0 Å². The number of alkyl halides is 3. The molecular weight excluding hydrogens is 378 g/mol. The summed E-state index contributed by atoms with van der Waals surface area (Å²) in [5, 5.41) is 27.3. The zero-order chi connectivity index (χ0) is 20.3. The Morgan fingerprint density at radius 3 is 2.41 bits per heavy atom. The molecule has 1 aliphatic rings. The van der Waals surface area contributed by atoms with Crippen molar-refractivity contribution in [2.24, 2.45) is 5.73 Å². The number of nitrogens with zero attached hydrogens (tertiary/aromatic N) is 2. The summed E-state index contributed by atoms with van der Waals surface area (Å²) < 4.78 is 61.3. The molecule has 1 aromatic heterocycles. The number of fused-ring (bicyclic) bond motifs is 3. The number of nitriles is 1. The summed E-state index contributed by atoms with van der Waals surface area (Å²) in [6.07, 6.45) is -7.59. The van der Waals surface area contributed by atoms with E-state index in [4.69, 9.17) is 15.7 Å². The van der Waals surface area contributed by atoms with Crippen LogP contribution in [0.1, 0.15) is 5.56 Å². The van der Waals surface area contributed by atoms with Crippen molar-refractivity contribution in [2.75, 3.05) is 0 Å². The highest BCUT2D eigenvalue weighted by Gasteiger charge is 2.70. The number of rotatable bonds is 1. The molecule has 3 rings (SSSR count). The molecule has 4 N–H and O–H groups in total. The summed E-state index contributed by atoms with van der Waals surface area (Å²) in [5.74, 6) is -6.20. The van der Waals surface area contributed by atoms with Crippen LogP contribution in [0.3, 0.4) is 0 Å². The Labute approximate surface area is 146 Å². The second kappa shape index (κ2) is 5.37. The number of para-hydroxylation sites is 1. The van der Waals surface area contributed by atoms with Crippen LogP contribution in [0, 0.1) is 17.1 Å². The molecule has 0 spiro atoms. The van der Waals surface area contributed by atoms with E-state index in [0.29, 0.717) is 0 Å². The fraction of sp³-hybridized carbons (Fsp3) is 0.133. The standard InChI is InChI=1S/C15H7F4N3O5/c16-7-3-1-2-5-8-11(22(9(5)7)13(25)26)27-10(21)6(4-20)14(8,12(23)24)15(17,18)19/h1-3H,21H2,(H,23,24)(H,25,26)/t14-/m1/s1. The first-order chi connectivity index (χ1) is 12.5. The Bertz CT molecular complexity index is 1100. The fourth-order valence-electron chi connectivity index (χ4n) is 3.14. The van der Waals surface area contributed by atoms with Gasteiger partial charge in [0.2, 0.25) is 17.2 Å². The number of halogens is 4. The number of aliphatic carboxylic acids is 1. The third-order valence-electron chi connectivity index (χ3n) is 4.15. The molecule has 0 saturated carbocycles. The van der Waals surface area contributed by atoms with Gasteiger partial charge in [0.15, 0.2) is 0 Å². The number of hydrogen-bond donors (Lipinski definition) is 3. The van der Waals surface area contributed by atoms with E-state index in [1.165, 1.54) is 0 Å². The minimum atomic E-state index is -5.64. The van der Waals surface area contributed by atoms with Gasteiger partial charge in [-0.3, -0.25) is 4.79 Å². The molecule has 1 atom stereocenters. The van der Waals surface area contributed by atoms with Gasteiger partial charge in [-0.15, -0.1) is 0 Å². The van der Waals surface area contributed by atoms with E-state index in [0.717, 1.165) is 24.3 Å². The van der Waals surface area contributed by atoms with Crippen molar-refractivity contribution < 1.29 is 42.1 Å². The zero-order valence-electron chi connectivity index (χ0n) is 12.8. The van der Waals surface area contributed by atoms with E-state index in [9.17, 15) is 37.4 Å². The molecule has 0 unspecified atom stereocenters. The van der Waals surface area contributed by atoms with Crippen molar-refractivity contribution in [3.63, 3.8) is 0 Å². The van der Waals surface area contributed by atoms with Crippen molar-refractivity contribution in [1.29, 1.82) is 5.26 Å². The Balaban J connectivity index is 2.69. The molecule has 27 heavy (non-hydrogen) atoms.